The first-order valence-electron chi connectivity index (χ1n) is 8.49. The molecule has 0 unspecified atom stereocenters. The first-order valence-corrected chi connectivity index (χ1v) is 21.4. The van der Waals surface area contributed by atoms with E-state index in [2.05, 4.69) is 86.4 Å². The molecule has 10 heteroatoms. The average Bonchev–Trinajstić information content (AvgIpc) is 2.37. The Kier molecular flexibility index (Phi) is 18.0. The second-order valence-electron chi connectivity index (χ2n) is 8.98. The molecule has 0 spiro atoms. The molecule has 0 fully saturated rings. The Labute approximate surface area is 164 Å². The Morgan fingerprint density at radius 3 is 0.917 bits per heavy atom. The van der Waals surface area contributed by atoms with Crippen molar-refractivity contribution in [3.8, 4) is 0 Å². The van der Waals surface area contributed by atoms with Gasteiger partial charge in [0.2, 0.25) is 0 Å². The second kappa shape index (κ2) is 13.2. The fourth-order valence-corrected chi connectivity index (χ4v) is 23.3. The Hall–Kier alpha value is 1.05. The summed E-state index contributed by atoms with van der Waals surface area (Å²) >= 11 is 0. The van der Waals surface area contributed by atoms with Crippen LogP contribution in [0.1, 0.15) is 0 Å². The topological polar surface area (TPSA) is 61.4 Å². The van der Waals surface area contributed by atoms with Crippen LogP contribution in [-0.4, -0.2) is 81.4 Å². The number of nitrogens with zero attached hydrogens (tertiary/aromatic N) is 2. The van der Waals surface area contributed by atoms with Crippen molar-refractivity contribution >= 4 is 53.2 Å². The number of rotatable bonds is 8. The third-order valence-electron chi connectivity index (χ3n) is 4.55. The summed E-state index contributed by atoms with van der Waals surface area (Å²) in [5.74, 6) is 0. The van der Waals surface area contributed by atoms with Crippen molar-refractivity contribution in [3.05, 3.63) is 9.96 Å². The zero-order valence-electron chi connectivity index (χ0n) is 18.9. The molecular weight excluding hydrogens is 355 g/mol. The molecule has 0 saturated carbocycles. The molecule has 0 saturated heterocycles. The van der Waals surface area contributed by atoms with Gasteiger partial charge in [-0.3, -0.25) is 0 Å². The molecule has 136 valence electrons. The summed E-state index contributed by atoms with van der Waals surface area (Å²) in [4.78, 5) is 13.9. The van der Waals surface area contributed by atoms with Gasteiger partial charge in [-0.1, -0.05) is 42.7 Å². The standard InChI is InChI=1S/2C7H21N2Si2.2Be/c2*1-8-10(3,4)7-11(5,6)9-2;;/h2*8H,7H2,1-6H3;;/q2*-1;2*+2/p+2. The van der Waals surface area contributed by atoms with Crippen molar-refractivity contribution < 1.29 is 9.96 Å². The zero-order valence-corrected chi connectivity index (χ0v) is 22.9. The first-order chi connectivity index (χ1) is 9.66. The number of quaternary nitrogens is 2. The molecule has 0 aliphatic carbocycles. The van der Waals surface area contributed by atoms with E-state index in [-0.39, 0.29) is 20.2 Å². The third-order valence-corrected chi connectivity index (χ3v) is 24.3. The van der Waals surface area contributed by atoms with Gasteiger partial charge >= 0.3 is 20.2 Å². The quantitative estimate of drug-likeness (QED) is 0.582. The van der Waals surface area contributed by atoms with Gasteiger partial charge < -0.3 is 19.9 Å². The minimum atomic E-state index is -1.18. The van der Waals surface area contributed by atoms with Gasteiger partial charge in [-0.25, -0.2) is 0 Å². The third kappa shape index (κ3) is 17.9. The summed E-state index contributed by atoms with van der Waals surface area (Å²) in [6, 6.07) is 0. The van der Waals surface area contributed by atoms with Gasteiger partial charge in [0.1, 0.15) is 0 Å². The maximum Gasteiger partial charge on any atom is 2.00 e. The van der Waals surface area contributed by atoms with Crippen molar-refractivity contribution in [3.63, 3.8) is 0 Å². The van der Waals surface area contributed by atoms with Crippen molar-refractivity contribution in [2.24, 2.45) is 0 Å². The van der Waals surface area contributed by atoms with Crippen LogP contribution in [0.25, 0.3) is 9.96 Å². The van der Waals surface area contributed by atoms with Crippen LogP contribution in [0.5, 0.6) is 0 Å². The van der Waals surface area contributed by atoms with Crippen LogP contribution in [0, 0.1) is 0 Å². The number of nitrogens with two attached hydrogens (primary N) is 2. The van der Waals surface area contributed by atoms with E-state index in [0.29, 0.717) is 0 Å². The molecule has 0 radical (unpaired) electrons. The minimum absolute atomic E-state index is 0. The van der Waals surface area contributed by atoms with Crippen molar-refractivity contribution in [2.75, 3.05) is 28.2 Å². The fraction of sp³-hybridized carbons (Fsp3) is 1.00. The molecule has 0 bridgehead atoms. The van der Waals surface area contributed by atoms with Gasteiger partial charge in [-0.05, 0) is 37.5 Å². The monoisotopic (exact) mass is 398 g/mol. The van der Waals surface area contributed by atoms with Crippen molar-refractivity contribution in [1.29, 1.82) is 0 Å². The smallest absolute Gasteiger partial charge is 0.668 e. The Morgan fingerprint density at radius 2 is 0.792 bits per heavy atom. The van der Waals surface area contributed by atoms with E-state index in [1.807, 2.05) is 14.1 Å². The Balaban J connectivity index is -0.000000154. The van der Waals surface area contributed by atoms with E-state index in [9.17, 15) is 0 Å². The second-order valence-corrected chi connectivity index (χ2v) is 29.1. The molecule has 0 aliphatic heterocycles. The largest absolute Gasteiger partial charge is 2.00 e. The molecule has 24 heavy (non-hydrogen) atoms. The maximum absolute atomic E-state index is 4.51. The molecule has 4 nitrogen and oxygen atoms in total. The van der Waals surface area contributed by atoms with E-state index in [4.69, 9.17) is 0 Å². The molecule has 0 heterocycles. The van der Waals surface area contributed by atoms with E-state index in [1.165, 1.54) is 11.3 Å². The van der Waals surface area contributed by atoms with Gasteiger partial charge in [0, 0.05) is 14.1 Å². The number of hydrogen-bond acceptors (Lipinski definition) is 0. The van der Waals surface area contributed by atoms with Crippen LogP contribution < -0.4 is 9.96 Å². The zero-order chi connectivity index (χ0) is 18.2. The minimum Gasteiger partial charge on any atom is -0.668 e. The van der Waals surface area contributed by atoms with Gasteiger partial charge in [0.25, 0.3) is 16.5 Å². The van der Waals surface area contributed by atoms with Crippen LogP contribution >= 0.6 is 0 Å². The summed E-state index contributed by atoms with van der Waals surface area (Å²) in [7, 11) is 4.02. The molecule has 0 aliphatic rings. The SMILES string of the molecule is C[N-][Si](C)(C)C[Si](C)(C)[NH2+]C.C[N-][Si](C)(C)C[Si](C)(C)[NH2+]C.[Be+2].[Be+2]. The Morgan fingerprint density at radius 1 is 0.583 bits per heavy atom. The summed E-state index contributed by atoms with van der Waals surface area (Å²) in [6.45, 7) is 19.1. The summed E-state index contributed by atoms with van der Waals surface area (Å²) < 4.78 is 0. The van der Waals surface area contributed by atoms with Crippen molar-refractivity contribution in [1.82, 2.24) is 0 Å². The van der Waals surface area contributed by atoms with Crippen LogP contribution in [0.2, 0.25) is 63.7 Å². The summed E-state index contributed by atoms with van der Waals surface area (Å²) in [5, 5.41) is 0. The molecule has 0 atom stereocenters. The van der Waals surface area contributed by atoms with Crippen LogP contribution in [0.4, 0.5) is 0 Å². The van der Waals surface area contributed by atoms with Crippen LogP contribution in [0.15, 0.2) is 0 Å². The van der Waals surface area contributed by atoms with Gasteiger partial charge in [-0.2, -0.15) is 14.1 Å². The van der Waals surface area contributed by atoms with Gasteiger partial charge in [0.05, 0.1) is 0 Å². The molecule has 4 N–H and O–H groups in total. The summed E-state index contributed by atoms with van der Waals surface area (Å²) in [5.41, 5.74) is 2.79. The normalized spacial score (nSPS) is 12.5. The van der Waals surface area contributed by atoms with Crippen LogP contribution in [0.3, 0.4) is 0 Å². The molecule has 0 aromatic carbocycles. The van der Waals surface area contributed by atoms with Crippen molar-refractivity contribution in [2.45, 2.75) is 63.7 Å². The molecule has 0 rings (SSSR count). The van der Waals surface area contributed by atoms with Gasteiger partial charge in [0.15, 0.2) is 0 Å². The van der Waals surface area contributed by atoms with E-state index >= 15 is 0 Å². The molecule has 0 aromatic heterocycles. The van der Waals surface area contributed by atoms with E-state index in [0.717, 1.165) is 0 Å². The van der Waals surface area contributed by atoms with Gasteiger partial charge in [-0.15, -0.1) is 0 Å². The molecule has 0 aromatic rings. The first kappa shape index (κ1) is 32.7. The average molecular weight is 399 g/mol. The predicted molar refractivity (Wildman–Crippen MR) is 125 cm³/mol. The maximum atomic E-state index is 4.51. The molecule has 0 amide bonds. The van der Waals surface area contributed by atoms with Crippen LogP contribution in [-0.2, 0) is 0 Å². The summed E-state index contributed by atoms with van der Waals surface area (Å²) in [6.07, 6.45) is 0. The Bertz CT molecular complexity index is 259. The van der Waals surface area contributed by atoms with E-state index < -0.39 is 32.9 Å². The fourth-order valence-electron chi connectivity index (χ4n) is 2.59. The predicted octanol–water partition coefficient (Wildman–Crippen LogP) is 1.50. The van der Waals surface area contributed by atoms with E-state index in [1.54, 1.807) is 0 Å². The molecular formula is C14H44Be2N4Si4+4. The number of hydrogen-bond donors (Lipinski definition) is 2.